The van der Waals surface area contributed by atoms with Crippen LogP contribution in [0.4, 0.5) is 0 Å². The smallest absolute Gasteiger partial charge is 0.113 e. The first-order valence-electron chi connectivity index (χ1n) is 6.29. The third-order valence-corrected chi connectivity index (χ3v) is 4.56. The largest absolute Gasteiger partial charge is 0.369 e. The molecule has 0 bridgehead atoms. The van der Waals surface area contributed by atoms with Crippen molar-refractivity contribution in [3.63, 3.8) is 0 Å². The standard InChI is InChI=1S/C12H19N3OS/c1-15-4-2-9(7-15)12-14-10(8-17-12)11-6-13-3-5-16-11/h8-9,11,13H,2-7H2,1H3. The van der Waals surface area contributed by atoms with Crippen LogP contribution < -0.4 is 5.32 Å². The molecule has 3 heterocycles. The highest BCUT2D eigenvalue weighted by Gasteiger charge is 2.25. The van der Waals surface area contributed by atoms with Crippen LogP contribution in [0.2, 0.25) is 0 Å². The average Bonchev–Trinajstić information content (AvgIpc) is 2.98. The summed E-state index contributed by atoms with van der Waals surface area (Å²) in [4.78, 5) is 7.16. The molecule has 0 aromatic carbocycles. The molecule has 4 nitrogen and oxygen atoms in total. The van der Waals surface area contributed by atoms with Crippen molar-refractivity contribution >= 4 is 11.3 Å². The highest BCUT2D eigenvalue weighted by molar-refractivity contribution is 7.09. The summed E-state index contributed by atoms with van der Waals surface area (Å²) in [5.74, 6) is 0.635. The number of hydrogen-bond acceptors (Lipinski definition) is 5. The molecule has 2 saturated heterocycles. The van der Waals surface area contributed by atoms with Crippen LogP contribution in [0.1, 0.15) is 29.1 Å². The lowest BCUT2D eigenvalue weighted by Crippen LogP contribution is -2.33. The Morgan fingerprint density at radius 2 is 2.53 bits per heavy atom. The predicted molar refractivity (Wildman–Crippen MR) is 68.5 cm³/mol. The van der Waals surface area contributed by atoms with Crippen LogP contribution in [0.15, 0.2) is 5.38 Å². The van der Waals surface area contributed by atoms with Gasteiger partial charge in [-0.1, -0.05) is 0 Å². The number of nitrogens with one attached hydrogen (secondary N) is 1. The van der Waals surface area contributed by atoms with Gasteiger partial charge in [0.15, 0.2) is 0 Å². The first kappa shape index (κ1) is 11.6. The number of ether oxygens (including phenoxy) is 1. The van der Waals surface area contributed by atoms with Crippen molar-refractivity contribution < 1.29 is 4.74 Å². The zero-order chi connectivity index (χ0) is 11.7. The minimum atomic E-state index is 0.160. The maximum atomic E-state index is 5.73. The number of rotatable bonds is 2. The molecular formula is C12H19N3OS. The maximum Gasteiger partial charge on any atom is 0.113 e. The van der Waals surface area contributed by atoms with E-state index in [-0.39, 0.29) is 6.10 Å². The van der Waals surface area contributed by atoms with E-state index in [1.54, 1.807) is 11.3 Å². The molecule has 2 unspecified atom stereocenters. The van der Waals surface area contributed by atoms with Gasteiger partial charge in [0.2, 0.25) is 0 Å². The van der Waals surface area contributed by atoms with Crippen LogP contribution >= 0.6 is 11.3 Å². The lowest BCUT2D eigenvalue weighted by molar-refractivity contribution is 0.0253. The zero-order valence-electron chi connectivity index (χ0n) is 10.2. The van der Waals surface area contributed by atoms with E-state index in [9.17, 15) is 0 Å². The van der Waals surface area contributed by atoms with Crippen LogP contribution in [0, 0.1) is 0 Å². The summed E-state index contributed by atoms with van der Waals surface area (Å²) in [5, 5.41) is 6.81. The molecule has 1 aromatic heterocycles. The van der Waals surface area contributed by atoms with Gasteiger partial charge >= 0.3 is 0 Å². The molecule has 0 saturated carbocycles. The lowest BCUT2D eigenvalue weighted by Gasteiger charge is -2.21. The fraction of sp³-hybridized carbons (Fsp3) is 0.750. The molecule has 2 atom stereocenters. The first-order chi connectivity index (χ1) is 8.33. The van der Waals surface area contributed by atoms with Gasteiger partial charge in [0.25, 0.3) is 0 Å². The monoisotopic (exact) mass is 253 g/mol. The summed E-state index contributed by atoms with van der Waals surface area (Å²) in [6.07, 6.45) is 1.40. The fourth-order valence-electron chi connectivity index (χ4n) is 2.53. The highest BCUT2D eigenvalue weighted by atomic mass is 32.1. The first-order valence-corrected chi connectivity index (χ1v) is 7.17. The van der Waals surface area contributed by atoms with Gasteiger partial charge in [0.1, 0.15) is 6.10 Å². The molecule has 2 aliphatic rings. The predicted octanol–water partition coefficient (Wildman–Crippen LogP) is 1.22. The van der Waals surface area contributed by atoms with E-state index in [2.05, 4.69) is 22.6 Å². The van der Waals surface area contributed by atoms with E-state index in [1.807, 2.05) is 0 Å². The van der Waals surface area contributed by atoms with E-state index in [0.717, 1.165) is 31.9 Å². The fourth-order valence-corrected chi connectivity index (χ4v) is 3.52. The van der Waals surface area contributed by atoms with Crippen molar-refractivity contribution in [2.24, 2.45) is 0 Å². The van der Waals surface area contributed by atoms with Crippen LogP contribution in [0.3, 0.4) is 0 Å². The summed E-state index contributed by atoms with van der Waals surface area (Å²) >= 11 is 1.80. The van der Waals surface area contributed by atoms with Crippen molar-refractivity contribution in [1.29, 1.82) is 0 Å². The SMILES string of the molecule is CN1CCC(c2nc(C3CNCCO3)cs2)C1. The molecular weight excluding hydrogens is 234 g/mol. The topological polar surface area (TPSA) is 37.4 Å². The summed E-state index contributed by atoms with van der Waals surface area (Å²) < 4.78 is 5.73. The Balaban J connectivity index is 1.69. The lowest BCUT2D eigenvalue weighted by atomic mass is 10.1. The van der Waals surface area contributed by atoms with Crippen LogP contribution in [-0.4, -0.2) is 49.7 Å². The van der Waals surface area contributed by atoms with Crippen molar-refractivity contribution in [2.75, 3.05) is 39.8 Å². The molecule has 2 aliphatic heterocycles. The van der Waals surface area contributed by atoms with Crippen molar-refractivity contribution in [3.05, 3.63) is 16.1 Å². The molecule has 0 spiro atoms. The Morgan fingerprint density at radius 3 is 3.24 bits per heavy atom. The Kier molecular flexibility index (Phi) is 3.42. The summed E-state index contributed by atoms with van der Waals surface area (Å²) in [7, 11) is 2.18. The Hall–Kier alpha value is -0.490. The zero-order valence-corrected chi connectivity index (χ0v) is 11.0. The van der Waals surface area contributed by atoms with Gasteiger partial charge in [0.05, 0.1) is 17.3 Å². The number of likely N-dealkylation sites (tertiary alicyclic amines) is 1. The molecule has 1 aromatic rings. The normalized spacial score (nSPS) is 30.9. The van der Waals surface area contributed by atoms with Crippen LogP contribution in [0.25, 0.3) is 0 Å². The number of nitrogens with zero attached hydrogens (tertiary/aromatic N) is 2. The number of thiazole rings is 1. The highest BCUT2D eigenvalue weighted by Crippen LogP contribution is 2.31. The van der Waals surface area contributed by atoms with Gasteiger partial charge in [-0.15, -0.1) is 11.3 Å². The van der Waals surface area contributed by atoms with E-state index >= 15 is 0 Å². The molecule has 3 rings (SSSR count). The molecule has 17 heavy (non-hydrogen) atoms. The van der Waals surface area contributed by atoms with E-state index in [1.165, 1.54) is 18.0 Å². The minimum Gasteiger partial charge on any atom is -0.369 e. The summed E-state index contributed by atoms with van der Waals surface area (Å²) in [6, 6.07) is 0. The number of likely N-dealkylation sites (N-methyl/N-ethyl adjacent to an activating group) is 1. The number of aromatic nitrogens is 1. The molecule has 2 fully saturated rings. The second-order valence-electron chi connectivity index (χ2n) is 4.92. The molecule has 0 amide bonds. The summed E-state index contributed by atoms with van der Waals surface area (Å²) in [5.41, 5.74) is 1.12. The van der Waals surface area contributed by atoms with Gasteiger partial charge < -0.3 is 15.0 Å². The van der Waals surface area contributed by atoms with Gasteiger partial charge in [0, 0.05) is 30.9 Å². The Bertz CT molecular complexity index is 356. The minimum absolute atomic E-state index is 0.160. The van der Waals surface area contributed by atoms with E-state index in [0.29, 0.717) is 5.92 Å². The van der Waals surface area contributed by atoms with Gasteiger partial charge in [-0.3, -0.25) is 0 Å². The van der Waals surface area contributed by atoms with E-state index in [4.69, 9.17) is 9.72 Å². The Morgan fingerprint density at radius 1 is 1.59 bits per heavy atom. The van der Waals surface area contributed by atoms with Crippen LogP contribution in [-0.2, 0) is 4.74 Å². The van der Waals surface area contributed by atoms with Gasteiger partial charge in [-0.2, -0.15) is 0 Å². The maximum absolute atomic E-state index is 5.73. The van der Waals surface area contributed by atoms with Gasteiger partial charge in [-0.05, 0) is 20.0 Å². The second kappa shape index (κ2) is 5.02. The number of morpholine rings is 1. The van der Waals surface area contributed by atoms with Crippen molar-refractivity contribution in [1.82, 2.24) is 15.2 Å². The molecule has 5 heteroatoms. The molecule has 0 aliphatic carbocycles. The Labute approximate surface area is 106 Å². The van der Waals surface area contributed by atoms with Crippen molar-refractivity contribution in [2.45, 2.75) is 18.4 Å². The quantitative estimate of drug-likeness (QED) is 0.860. The third-order valence-electron chi connectivity index (χ3n) is 3.54. The summed E-state index contributed by atoms with van der Waals surface area (Å²) in [6.45, 7) is 5.00. The van der Waals surface area contributed by atoms with Gasteiger partial charge in [-0.25, -0.2) is 4.98 Å². The van der Waals surface area contributed by atoms with E-state index < -0.39 is 0 Å². The van der Waals surface area contributed by atoms with Crippen LogP contribution in [0.5, 0.6) is 0 Å². The second-order valence-corrected chi connectivity index (χ2v) is 5.81. The molecule has 94 valence electrons. The number of hydrogen-bond donors (Lipinski definition) is 1. The third kappa shape index (κ3) is 2.52. The molecule has 1 N–H and O–H groups in total. The average molecular weight is 253 g/mol. The molecule has 0 radical (unpaired) electrons. The van der Waals surface area contributed by atoms with Crippen molar-refractivity contribution in [3.8, 4) is 0 Å².